The Morgan fingerprint density at radius 1 is 1.11 bits per heavy atom. The molecule has 2 aromatic carbocycles. The standard InChI is InChI=1S/C16H18FN/c17-16-6-5-14-9-12(3-4-15(14)10-16)8-13-2-1-7-18-11-13/h3-6,9-10,13,18H,1-2,7-8,11H2/t13-/m0/s1. The minimum absolute atomic E-state index is 0.160. The Balaban J connectivity index is 1.82. The van der Waals surface area contributed by atoms with Crippen LogP contribution >= 0.6 is 0 Å². The quantitative estimate of drug-likeness (QED) is 0.851. The van der Waals surface area contributed by atoms with Crippen LogP contribution in [0.15, 0.2) is 36.4 Å². The molecule has 0 amide bonds. The van der Waals surface area contributed by atoms with E-state index >= 15 is 0 Å². The van der Waals surface area contributed by atoms with Gasteiger partial charge in [0.2, 0.25) is 0 Å². The van der Waals surface area contributed by atoms with Crippen LogP contribution in [-0.4, -0.2) is 13.1 Å². The number of benzene rings is 2. The second-order valence-electron chi connectivity index (χ2n) is 5.24. The summed E-state index contributed by atoms with van der Waals surface area (Å²) < 4.78 is 13.1. The first-order valence-electron chi connectivity index (χ1n) is 6.70. The van der Waals surface area contributed by atoms with Crippen LogP contribution in [0.25, 0.3) is 10.8 Å². The lowest BCUT2D eigenvalue weighted by Crippen LogP contribution is -2.30. The van der Waals surface area contributed by atoms with Crippen LogP contribution in [0.4, 0.5) is 4.39 Å². The predicted octanol–water partition coefficient (Wildman–Crippen LogP) is 3.52. The number of rotatable bonds is 2. The molecule has 2 heteroatoms. The maximum Gasteiger partial charge on any atom is 0.123 e. The normalized spacial score (nSPS) is 20.2. The van der Waals surface area contributed by atoms with Gasteiger partial charge in [0, 0.05) is 0 Å². The van der Waals surface area contributed by atoms with Gasteiger partial charge >= 0.3 is 0 Å². The van der Waals surface area contributed by atoms with Crippen molar-refractivity contribution in [1.82, 2.24) is 5.32 Å². The van der Waals surface area contributed by atoms with Gasteiger partial charge in [-0.3, -0.25) is 0 Å². The first-order chi connectivity index (χ1) is 8.81. The first-order valence-corrected chi connectivity index (χ1v) is 6.70. The molecule has 2 aromatic rings. The molecule has 0 radical (unpaired) electrons. The van der Waals surface area contributed by atoms with Crippen LogP contribution in [0.1, 0.15) is 18.4 Å². The molecule has 0 bridgehead atoms. The molecule has 1 aliphatic rings. The highest BCUT2D eigenvalue weighted by Crippen LogP contribution is 2.21. The third kappa shape index (κ3) is 2.54. The fourth-order valence-corrected chi connectivity index (χ4v) is 2.82. The summed E-state index contributed by atoms with van der Waals surface area (Å²) in [6.07, 6.45) is 3.72. The van der Waals surface area contributed by atoms with Crippen LogP contribution < -0.4 is 5.32 Å². The molecule has 0 aromatic heterocycles. The van der Waals surface area contributed by atoms with Crippen LogP contribution in [0.5, 0.6) is 0 Å². The predicted molar refractivity (Wildman–Crippen MR) is 73.2 cm³/mol. The highest BCUT2D eigenvalue weighted by atomic mass is 19.1. The number of hydrogen-bond donors (Lipinski definition) is 1. The second kappa shape index (κ2) is 5.07. The van der Waals surface area contributed by atoms with E-state index in [1.165, 1.54) is 24.5 Å². The summed E-state index contributed by atoms with van der Waals surface area (Å²) in [5, 5.41) is 5.57. The molecular weight excluding hydrogens is 225 g/mol. The second-order valence-corrected chi connectivity index (χ2v) is 5.24. The lowest BCUT2D eigenvalue weighted by molar-refractivity contribution is 0.376. The minimum atomic E-state index is -0.160. The Kier molecular flexibility index (Phi) is 3.28. The molecule has 0 saturated carbocycles. The summed E-state index contributed by atoms with van der Waals surface area (Å²) in [4.78, 5) is 0. The topological polar surface area (TPSA) is 12.0 Å². The van der Waals surface area contributed by atoms with Gasteiger partial charge in [-0.15, -0.1) is 0 Å². The Morgan fingerprint density at radius 2 is 1.94 bits per heavy atom. The van der Waals surface area contributed by atoms with Crippen molar-refractivity contribution in [2.24, 2.45) is 5.92 Å². The van der Waals surface area contributed by atoms with Gasteiger partial charge in [0.15, 0.2) is 0 Å². The van der Waals surface area contributed by atoms with Gasteiger partial charge in [0.1, 0.15) is 5.82 Å². The highest BCUT2D eigenvalue weighted by Gasteiger charge is 2.13. The Morgan fingerprint density at radius 3 is 2.78 bits per heavy atom. The van der Waals surface area contributed by atoms with Crippen LogP contribution in [0, 0.1) is 11.7 Å². The molecule has 3 rings (SSSR count). The van der Waals surface area contributed by atoms with Gasteiger partial charge in [0.05, 0.1) is 0 Å². The number of hydrogen-bond acceptors (Lipinski definition) is 1. The first kappa shape index (κ1) is 11.7. The van der Waals surface area contributed by atoms with Crippen molar-refractivity contribution in [2.75, 3.05) is 13.1 Å². The molecule has 1 nitrogen and oxygen atoms in total. The summed E-state index contributed by atoms with van der Waals surface area (Å²) in [5.74, 6) is 0.586. The van der Waals surface area contributed by atoms with E-state index in [9.17, 15) is 4.39 Å². The van der Waals surface area contributed by atoms with Gasteiger partial charge in [-0.1, -0.05) is 24.3 Å². The molecule has 1 aliphatic heterocycles. The third-order valence-corrected chi connectivity index (χ3v) is 3.79. The lowest BCUT2D eigenvalue weighted by Gasteiger charge is -2.22. The summed E-state index contributed by atoms with van der Waals surface area (Å²) in [7, 11) is 0. The fraction of sp³-hybridized carbons (Fsp3) is 0.375. The molecule has 0 spiro atoms. The Bertz CT molecular complexity index is 544. The van der Waals surface area contributed by atoms with E-state index in [4.69, 9.17) is 0 Å². The maximum absolute atomic E-state index is 13.1. The number of nitrogens with one attached hydrogen (secondary N) is 1. The monoisotopic (exact) mass is 243 g/mol. The molecule has 0 aliphatic carbocycles. The molecule has 0 unspecified atom stereocenters. The van der Waals surface area contributed by atoms with Crippen LogP contribution in [0.2, 0.25) is 0 Å². The van der Waals surface area contributed by atoms with Crippen molar-refractivity contribution in [3.8, 4) is 0 Å². The molecule has 1 heterocycles. The van der Waals surface area contributed by atoms with Crippen molar-refractivity contribution in [3.63, 3.8) is 0 Å². The van der Waals surface area contributed by atoms with E-state index in [1.54, 1.807) is 6.07 Å². The molecule has 18 heavy (non-hydrogen) atoms. The van der Waals surface area contributed by atoms with Crippen LogP contribution in [-0.2, 0) is 6.42 Å². The Labute approximate surface area is 107 Å². The molecular formula is C16H18FN. The highest BCUT2D eigenvalue weighted by molar-refractivity contribution is 5.83. The minimum Gasteiger partial charge on any atom is -0.316 e. The third-order valence-electron chi connectivity index (χ3n) is 3.79. The van der Waals surface area contributed by atoms with Gasteiger partial charge in [-0.05, 0) is 66.7 Å². The van der Waals surface area contributed by atoms with E-state index in [1.807, 2.05) is 12.1 Å². The molecule has 1 fully saturated rings. The largest absolute Gasteiger partial charge is 0.316 e. The van der Waals surface area contributed by atoms with Crippen molar-refractivity contribution >= 4 is 10.8 Å². The summed E-state index contributed by atoms with van der Waals surface area (Å²) in [6.45, 7) is 2.29. The molecule has 1 N–H and O–H groups in total. The number of piperidine rings is 1. The maximum atomic E-state index is 13.1. The SMILES string of the molecule is Fc1ccc2cc(C[C@@H]3CCCNC3)ccc2c1. The average Bonchev–Trinajstić information content (AvgIpc) is 2.40. The fourth-order valence-electron chi connectivity index (χ4n) is 2.82. The Hall–Kier alpha value is -1.41. The zero-order chi connectivity index (χ0) is 12.4. The molecule has 1 saturated heterocycles. The molecule has 1 atom stereocenters. The van der Waals surface area contributed by atoms with Crippen molar-refractivity contribution in [2.45, 2.75) is 19.3 Å². The van der Waals surface area contributed by atoms with Crippen molar-refractivity contribution in [3.05, 3.63) is 47.8 Å². The lowest BCUT2D eigenvalue weighted by atomic mass is 9.91. The van der Waals surface area contributed by atoms with E-state index in [2.05, 4.69) is 17.4 Å². The van der Waals surface area contributed by atoms with E-state index in [-0.39, 0.29) is 5.82 Å². The van der Waals surface area contributed by atoms with E-state index in [0.717, 1.165) is 36.2 Å². The van der Waals surface area contributed by atoms with Crippen molar-refractivity contribution in [1.29, 1.82) is 0 Å². The van der Waals surface area contributed by atoms with Crippen molar-refractivity contribution < 1.29 is 4.39 Å². The average molecular weight is 243 g/mol. The summed E-state index contributed by atoms with van der Waals surface area (Å²) in [6, 6.07) is 11.4. The zero-order valence-electron chi connectivity index (χ0n) is 10.5. The smallest absolute Gasteiger partial charge is 0.123 e. The van der Waals surface area contributed by atoms with Gasteiger partial charge in [-0.25, -0.2) is 4.39 Å². The summed E-state index contributed by atoms with van der Waals surface area (Å²) >= 11 is 0. The van der Waals surface area contributed by atoms with Crippen LogP contribution in [0.3, 0.4) is 0 Å². The number of fused-ring (bicyclic) bond motifs is 1. The van der Waals surface area contributed by atoms with E-state index < -0.39 is 0 Å². The number of halogens is 1. The van der Waals surface area contributed by atoms with E-state index in [0.29, 0.717) is 0 Å². The zero-order valence-corrected chi connectivity index (χ0v) is 10.5. The molecule has 94 valence electrons. The van der Waals surface area contributed by atoms with Gasteiger partial charge < -0.3 is 5.32 Å². The van der Waals surface area contributed by atoms with Gasteiger partial charge in [-0.2, -0.15) is 0 Å². The van der Waals surface area contributed by atoms with Gasteiger partial charge in [0.25, 0.3) is 0 Å². The summed E-state index contributed by atoms with van der Waals surface area (Å²) in [5.41, 5.74) is 1.36.